The van der Waals surface area contributed by atoms with E-state index < -0.39 is 0 Å². The van der Waals surface area contributed by atoms with Crippen LogP contribution in [0, 0.1) is 5.82 Å². The van der Waals surface area contributed by atoms with Gasteiger partial charge < -0.3 is 15.1 Å². The summed E-state index contributed by atoms with van der Waals surface area (Å²) in [5.41, 5.74) is 4.59. The van der Waals surface area contributed by atoms with E-state index in [1.54, 1.807) is 19.2 Å². The predicted octanol–water partition coefficient (Wildman–Crippen LogP) is 7.07. The molecule has 194 valence electrons. The second-order valence-corrected chi connectivity index (χ2v) is 9.94. The average Bonchev–Trinajstić information content (AvgIpc) is 3.34. The van der Waals surface area contributed by atoms with Crippen molar-refractivity contribution in [2.75, 3.05) is 7.05 Å². The Bertz CT molecular complexity index is 1690. The number of hydrogen-bond acceptors (Lipinski definition) is 3. The Morgan fingerprint density at radius 3 is 2.21 bits per heavy atom. The molecule has 0 saturated heterocycles. The predicted molar refractivity (Wildman–Crippen MR) is 150 cm³/mol. The molecule has 0 radical (unpaired) electrons. The zero-order chi connectivity index (χ0) is 27.0. The van der Waals surface area contributed by atoms with E-state index in [4.69, 9.17) is 4.42 Å². The third-order valence-electron chi connectivity index (χ3n) is 7.59. The number of carbonyl (C=O) groups excluding carboxylic acids is 2. The Balaban J connectivity index is 1.36. The number of nitrogens with one attached hydrogen (secondary N) is 2. The molecule has 0 unspecified atom stereocenters. The molecule has 6 rings (SSSR count). The van der Waals surface area contributed by atoms with Crippen molar-refractivity contribution in [3.05, 3.63) is 120 Å². The van der Waals surface area contributed by atoms with Crippen molar-refractivity contribution >= 4 is 22.8 Å². The summed E-state index contributed by atoms with van der Waals surface area (Å²) in [7, 11) is 1.56. The van der Waals surface area contributed by atoms with Crippen LogP contribution in [0.25, 0.3) is 33.4 Å². The van der Waals surface area contributed by atoms with Gasteiger partial charge in [-0.1, -0.05) is 48.5 Å². The van der Waals surface area contributed by atoms with Crippen LogP contribution in [0.1, 0.15) is 45.5 Å². The smallest absolute Gasteiger partial charge is 0.255 e. The SMILES string of the molecule is CNC(=O)c1c(-c2ccc(F)cc2)oc2ccc(-c3cccc(C(=O)NC4(c5ccccc5)CCC4)c3)cc12. The van der Waals surface area contributed by atoms with Crippen molar-refractivity contribution in [1.29, 1.82) is 0 Å². The summed E-state index contributed by atoms with van der Waals surface area (Å²) in [6, 6.07) is 29.1. The van der Waals surface area contributed by atoms with E-state index in [9.17, 15) is 14.0 Å². The highest BCUT2D eigenvalue weighted by atomic mass is 19.1. The topological polar surface area (TPSA) is 71.3 Å². The van der Waals surface area contributed by atoms with Gasteiger partial charge in [-0.3, -0.25) is 9.59 Å². The first-order chi connectivity index (χ1) is 19.0. The summed E-state index contributed by atoms with van der Waals surface area (Å²) in [6.45, 7) is 0. The Kier molecular flexibility index (Phi) is 6.23. The Hall–Kier alpha value is -4.71. The quantitative estimate of drug-likeness (QED) is 0.252. The van der Waals surface area contributed by atoms with Crippen molar-refractivity contribution in [3.8, 4) is 22.5 Å². The summed E-state index contributed by atoms with van der Waals surface area (Å²) in [5, 5.41) is 6.62. The molecule has 1 aliphatic carbocycles. The maximum absolute atomic E-state index is 13.5. The molecular weight excluding hydrogens is 491 g/mol. The highest BCUT2D eigenvalue weighted by Crippen LogP contribution is 2.41. The largest absolute Gasteiger partial charge is 0.455 e. The van der Waals surface area contributed by atoms with Crippen LogP contribution < -0.4 is 10.6 Å². The van der Waals surface area contributed by atoms with E-state index in [1.165, 1.54) is 12.1 Å². The van der Waals surface area contributed by atoms with Gasteiger partial charge in [-0.15, -0.1) is 0 Å². The van der Waals surface area contributed by atoms with Gasteiger partial charge in [-0.2, -0.15) is 0 Å². The van der Waals surface area contributed by atoms with E-state index in [2.05, 4.69) is 22.8 Å². The lowest BCUT2D eigenvalue weighted by atomic mass is 9.71. The van der Waals surface area contributed by atoms with Gasteiger partial charge in [-0.25, -0.2) is 4.39 Å². The molecule has 1 heterocycles. The number of hydrogen-bond donors (Lipinski definition) is 2. The molecule has 5 aromatic rings. The minimum Gasteiger partial charge on any atom is -0.455 e. The van der Waals surface area contributed by atoms with Crippen LogP contribution in [-0.4, -0.2) is 18.9 Å². The lowest BCUT2D eigenvalue weighted by Crippen LogP contribution is -2.50. The Morgan fingerprint density at radius 2 is 1.51 bits per heavy atom. The molecule has 4 aromatic carbocycles. The van der Waals surface area contributed by atoms with Gasteiger partial charge >= 0.3 is 0 Å². The number of benzene rings is 4. The van der Waals surface area contributed by atoms with Gasteiger partial charge in [0.05, 0.1) is 11.1 Å². The van der Waals surface area contributed by atoms with Crippen LogP contribution in [0.2, 0.25) is 0 Å². The Morgan fingerprint density at radius 1 is 0.795 bits per heavy atom. The number of rotatable bonds is 6. The van der Waals surface area contributed by atoms with Crippen LogP contribution in [0.15, 0.2) is 101 Å². The Labute approximate surface area is 225 Å². The van der Waals surface area contributed by atoms with Gasteiger partial charge in [0.25, 0.3) is 11.8 Å². The van der Waals surface area contributed by atoms with Crippen molar-refractivity contribution in [3.63, 3.8) is 0 Å². The molecule has 0 bridgehead atoms. The zero-order valence-electron chi connectivity index (χ0n) is 21.5. The van der Waals surface area contributed by atoms with Gasteiger partial charge in [0, 0.05) is 23.6 Å². The standard InChI is InChI=1S/C33H27FN2O3/c1-35-32(38)29-27-20-23(13-16-28(27)39-30(29)21-11-14-26(34)15-12-21)22-7-5-8-24(19-22)31(37)36-33(17-6-18-33)25-9-3-2-4-10-25/h2-5,7-16,19-20H,6,17-18H2,1H3,(H,35,38)(H,36,37). The van der Waals surface area contributed by atoms with Gasteiger partial charge in [0.15, 0.2) is 0 Å². The summed E-state index contributed by atoms with van der Waals surface area (Å²) in [4.78, 5) is 26.3. The minimum absolute atomic E-state index is 0.116. The second-order valence-electron chi connectivity index (χ2n) is 9.94. The van der Waals surface area contributed by atoms with Gasteiger partial charge in [-0.05, 0) is 84.5 Å². The number of halogens is 1. The monoisotopic (exact) mass is 518 g/mol. The number of amides is 2. The number of furan rings is 1. The van der Waals surface area contributed by atoms with Crippen LogP contribution in [0.3, 0.4) is 0 Å². The van der Waals surface area contributed by atoms with Crippen LogP contribution >= 0.6 is 0 Å². The first-order valence-electron chi connectivity index (χ1n) is 13.0. The number of carbonyl (C=O) groups is 2. The van der Waals surface area contributed by atoms with Crippen molar-refractivity contribution in [2.24, 2.45) is 0 Å². The first kappa shape index (κ1) is 24.6. The van der Waals surface area contributed by atoms with E-state index in [0.29, 0.717) is 33.4 Å². The van der Waals surface area contributed by atoms with E-state index >= 15 is 0 Å². The molecule has 0 spiro atoms. The van der Waals surface area contributed by atoms with Crippen LogP contribution in [0.4, 0.5) is 4.39 Å². The minimum atomic E-state index is -0.366. The summed E-state index contributed by atoms with van der Waals surface area (Å²) >= 11 is 0. The summed E-state index contributed by atoms with van der Waals surface area (Å²) in [5.74, 6) is -0.407. The van der Waals surface area contributed by atoms with E-state index in [1.807, 2.05) is 60.7 Å². The van der Waals surface area contributed by atoms with Gasteiger partial charge in [0.2, 0.25) is 0 Å². The van der Waals surface area contributed by atoms with Crippen molar-refractivity contribution < 1.29 is 18.4 Å². The van der Waals surface area contributed by atoms with Crippen LogP contribution in [0.5, 0.6) is 0 Å². The van der Waals surface area contributed by atoms with Crippen molar-refractivity contribution in [1.82, 2.24) is 10.6 Å². The molecule has 1 aromatic heterocycles. The second kappa shape index (κ2) is 9.87. The number of fused-ring (bicyclic) bond motifs is 1. The molecule has 0 atom stereocenters. The molecule has 1 fully saturated rings. The fourth-order valence-electron chi connectivity index (χ4n) is 5.34. The third kappa shape index (κ3) is 4.48. The van der Waals surface area contributed by atoms with E-state index in [-0.39, 0.29) is 23.2 Å². The molecular formula is C33H27FN2O3. The average molecular weight is 519 g/mol. The fourth-order valence-corrected chi connectivity index (χ4v) is 5.34. The molecule has 0 aliphatic heterocycles. The molecule has 39 heavy (non-hydrogen) atoms. The van der Waals surface area contributed by atoms with E-state index in [0.717, 1.165) is 36.0 Å². The van der Waals surface area contributed by atoms with Crippen LogP contribution in [-0.2, 0) is 5.54 Å². The third-order valence-corrected chi connectivity index (χ3v) is 7.59. The molecule has 1 aliphatic rings. The first-order valence-corrected chi connectivity index (χ1v) is 13.0. The normalized spacial score (nSPS) is 14.0. The van der Waals surface area contributed by atoms with Crippen molar-refractivity contribution in [2.45, 2.75) is 24.8 Å². The molecule has 1 saturated carbocycles. The molecule has 6 heteroatoms. The highest BCUT2D eigenvalue weighted by Gasteiger charge is 2.40. The molecule has 2 amide bonds. The van der Waals surface area contributed by atoms with Gasteiger partial charge in [0.1, 0.15) is 17.2 Å². The lowest BCUT2D eigenvalue weighted by Gasteiger charge is -2.43. The maximum Gasteiger partial charge on any atom is 0.255 e. The highest BCUT2D eigenvalue weighted by molar-refractivity contribution is 6.11. The fraction of sp³-hybridized carbons (Fsp3) is 0.152. The zero-order valence-corrected chi connectivity index (χ0v) is 21.5. The maximum atomic E-state index is 13.5. The summed E-state index contributed by atoms with van der Waals surface area (Å²) < 4.78 is 19.6. The lowest BCUT2D eigenvalue weighted by molar-refractivity contribution is 0.0823. The summed E-state index contributed by atoms with van der Waals surface area (Å²) in [6.07, 6.45) is 2.91. The molecule has 5 nitrogen and oxygen atoms in total. The molecule has 2 N–H and O–H groups in total.